The Balaban J connectivity index is 0.00000462. The molecule has 0 radical (unpaired) electrons. The Kier molecular flexibility index (Phi) is 11.2. The van der Waals surface area contributed by atoms with Gasteiger partial charge in [0.15, 0.2) is 5.91 Å². The molecular formula is C35H46LiNO3Si. The zero-order chi connectivity index (χ0) is 29.0. The predicted molar refractivity (Wildman–Crippen MR) is 168 cm³/mol. The van der Waals surface area contributed by atoms with Crippen LogP contribution in [-0.4, -0.2) is 51.0 Å². The Morgan fingerprint density at radius 2 is 1.46 bits per heavy atom. The molecule has 4 nitrogen and oxygen atoms in total. The molecule has 0 unspecified atom stereocenters. The molecule has 6 heteroatoms. The third-order valence-electron chi connectivity index (χ3n) is 8.71. The molecule has 214 valence electrons. The van der Waals surface area contributed by atoms with Gasteiger partial charge >= 0.3 is 18.9 Å². The van der Waals surface area contributed by atoms with Gasteiger partial charge in [-0.25, -0.2) is 0 Å². The zero-order valence-electron chi connectivity index (χ0n) is 26.2. The fourth-order valence-corrected chi connectivity index (χ4v) is 10.9. The molecule has 0 spiro atoms. The molecule has 0 aromatic heterocycles. The van der Waals surface area contributed by atoms with Gasteiger partial charge in [-0.05, 0) is 54.9 Å². The van der Waals surface area contributed by atoms with Gasteiger partial charge in [-0.2, -0.15) is 18.6 Å². The molecule has 0 N–H and O–H groups in total. The first-order chi connectivity index (χ1) is 19.0. The molecule has 1 fully saturated rings. The Labute approximate surface area is 261 Å². The largest absolute Gasteiger partial charge is 1.00 e. The number of hydrogen-bond donors (Lipinski definition) is 0. The topological polar surface area (TPSA) is 38.8 Å². The summed E-state index contributed by atoms with van der Waals surface area (Å²) < 4.78 is 12.9. The van der Waals surface area contributed by atoms with Crippen LogP contribution in [0.25, 0.3) is 0 Å². The van der Waals surface area contributed by atoms with E-state index in [0.717, 1.165) is 37.2 Å². The minimum absolute atomic E-state index is 0. The van der Waals surface area contributed by atoms with Crippen LogP contribution < -0.4 is 29.2 Å². The van der Waals surface area contributed by atoms with Crippen LogP contribution in [0.2, 0.25) is 5.04 Å². The van der Waals surface area contributed by atoms with Gasteiger partial charge in [-0.1, -0.05) is 92.6 Å². The summed E-state index contributed by atoms with van der Waals surface area (Å²) in [6.45, 7) is 19.9. The molecular weight excluding hydrogens is 517 g/mol. The Hall–Kier alpha value is -2.27. The van der Waals surface area contributed by atoms with Crippen molar-refractivity contribution in [1.82, 2.24) is 4.90 Å². The molecule has 3 aromatic rings. The average molecular weight is 564 g/mol. The second kappa shape index (κ2) is 13.8. The average Bonchev–Trinajstić information content (AvgIpc) is 2.95. The SMILES string of the molecule is [CH2-]c1ccc(C)cc1C(=O)N(CCO[Si](c1ccccc1)(c1ccccc1)C(C)(C)C)C(C)(C)C1CCOCC1.[Li+]. The maximum Gasteiger partial charge on any atom is 1.00 e. The van der Waals surface area contributed by atoms with Crippen LogP contribution in [0.5, 0.6) is 0 Å². The van der Waals surface area contributed by atoms with Gasteiger partial charge in [-0.3, -0.25) is 4.79 Å². The smallest absolute Gasteiger partial charge is 0.406 e. The van der Waals surface area contributed by atoms with Crippen LogP contribution in [0.3, 0.4) is 0 Å². The molecule has 1 aliphatic rings. The minimum atomic E-state index is -2.72. The second-order valence-electron chi connectivity index (χ2n) is 12.7. The van der Waals surface area contributed by atoms with Gasteiger partial charge in [0, 0.05) is 25.3 Å². The molecule has 4 rings (SSSR count). The van der Waals surface area contributed by atoms with Crippen molar-refractivity contribution >= 4 is 24.6 Å². The third kappa shape index (κ3) is 7.04. The van der Waals surface area contributed by atoms with Crippen LogP contribution in [0, 0.1) is 19.8 Å². The summed E-state index contributed by atoms with van der Waals surface area (Å²) in [4.78, 5) is 16.4. The van der Waals surface area contributed by atoms with Crippen molar-refractivity contribution in [2.24, 2.45) is 5.92 Å². The zero-order valence-corrected chi connectivity index (χ0v) is 27.2. The molecule has 0 atom stereocenters. The van der Waals surface area contributed by atoms with E-state index in [1.54, 1.807) is 0 Å². The van der Waals surface area contributed by atoms with E-state index in [0.29, 0.717) is 24.6 Å². The first-order valence-corrected chi connectivity index (χ1v) is 16.5. The summed E-state index contributed by atoms with van der Waals surface area (Å²) in [5.41, 5.74) is 2.12. The summed E-state index contributed by atoms with van der Waals surface area (Å²) in [7, 11) is -2.72. The maximum atomic E-state index is 14.3. The number of carbonyl (C=O) groups is 1. The molecule has 0 saturated carbocycles. The molecule has 3 aromatic carbocycles. The summed E-state index contributed by atoms with van der Waals surface area (Å²) in [6, 6.07) is 27.3. The van der Waals surface area contributed by atoms with E-state index in [2.05, 4.69) is 107 Å². The molecule has 1 saturated heterocycles. The number of benzene rings is 3. The van der Waals surface area contributed by atoms with Gasteiger partial charge in [0.25, 0.3) is 8.32 Å². The molecule has 1 amide bonds. The van der Waals surface area contributed by atoms with Gasteiger partial charge in [0.05, 0.1) is 6.61 Å². The van der Waals surface area contributed by atoms with Gasteiger partial charge in [-0.15, -0.1) is 12.1 Å². The maximum absolute atomic E-state index is 14.3. The van der Waals surface area contributed by atoms with Crippen molar-refractivity contribution in [2.75, 3.05) is 26.4 Å². The number of amides is 1. The Morgan fingerprint density at radius 1 is 0.927 bits per heavy atom. The molecule has 1 heterocycles. The number of rotatable bonds is 9. The minimum Gasteiger partial charge on any atom is -0.406 e. The first kappa shape index (κ1) is 33.2. The summed E-state index contributed by atoms with van der Waals surface area (Å²) >= 11 is 0. The van der Waals surface area contributed by atoms with Crippen LogP contribution in [0.1, 0.15) is 68.9 Å². The number of aryl methyl sites for hydroxylation is 1. The molecule has 41 heavy (non-hydrogen) atoms. The molecule has 0 bridgehead atoms. The number of carbonyl (C=O) groups excluding carboxylic acids is 1. The van der Waals surface area contributed by atoms with Crippen molar-refractivity contribution in [3.63, 3.8) is 0 Å². The van der Waals surface area contributed by atoms with E-state index in [1.165, 1.54) is 10.4 Å². The number of nitrogens with zero attached hydrogens (tertiary/aromatic N) is 1. The van der Waals surface area contributed by atoms with Gasteiger partial charge in [0.2, 0.25) is 0 Å². The van der Waals surface area contributed by atoms with E-state index in [1.807, 2.05) is 25.1 Å². The van der Waals surface area contributed by atoms with Crippen molar-refractivity contribution < 1.29 is 32.8 Å². The summed E-state index contributed by atoms with van der Waals surface area (Å²) in [5, 5.41) is 2.36. The van der Waals surface area contributed by atoms with Crippen molar-refractivity contribution in [3.05, 3.63) is 102 Å². The van der Waals surface area contributed by atoms with Crippen LogP contribution >= 0.6 is 0 Å². The van der Waals surface area contributed by atoms with Crippen LogP contribution in [0.15, 0.2) is 78.9 Å². The fraction of sp³-hybridized carbons (Fsp3) is 0.429. The van der Waals surface area contributed by atoms with Crippen molar-refractivity contribution in [2.45, 2.75) is 65.0 Å². The van der Waals surface area contributed by atoms with Crippen molar-refractivity contribution in [3.8, 4) is 0 Å². The fourth-order valence-electron chi connectivity index (χ4n) is 6.36. The van der Waals surface area contributed by atoms with E-state index >= 15 is 0 Å². The normalized spacial score (nSPS) is 14.8. The summed E-state index contributed by atoms with van der Waals surface area (Å²) in [6.07, 6.45) is 1.88. The van der Waals surface area contributed by atoms with E-state index in [9.17, 15) is 4.79 Å². The standard InChI is InChI=1S/C35H46NO3Si.Li/c1-27-18-19-28(2)32(26-27)33(37)36(35(6,7)29-20-23-38-24-21-29)22-25-39-40(34(3,4)5,30-14-10-8-11-15-30)31-16-12-9-13-17-31;/h8-19,26,29H,2,20-25H2,1,3-7H3;/q-1;+1. The quantitative estimate of drug-likeness (QED) is 0.296. The second-order valence-corrected chi connectivity index (χ2v) is 17.0. The predicted octanol–water partition coefficient (Wildman–Crippen LogP) is 3.41. The van der Waals surface area contributed by atoms with Crippen molar-refractivity contribution in [1.29, 1.82) is 0 Å². The third-order valence-corrected chi connectivity index (χ3v) is 13.7. The Morgan fingerprint density at radius 3 is 1.98 bits per heavy atom. The van der Waals surface area contributed by atoms with Crippen LogP contribution in [0.4, 0.5) is 0 Å². The van der Waals surface area contributed by atoms with Crippen LogP contribution in [-0.2, 0) is 9.16 Å². The van der Waals surface area contributed by atoms with E-state index in [-0.39, 0.29) is 35.3 Å². The first-order valence-electron chi connectivity index (χ1n) is 14.6. The Bertz CT molecular complexity index is 1230. The summed E-state index contributed by atoms with van der Waals surface area (Å²) in [5.74, 6) is 0.368. The number of ether oxygens (including phenoxy) is 1. The van der Waals surface area contributed by atoms with Gasteiger partial charge in [0.1, 0.15) is 0 Å². The molecule has 1 aliphatic heterocycles. The number of hydrogen-bond acceptors (Lipinski definition) is 3. The van der Waals surface area contributed by atoms with E-state index < -0.39 is 8.32 Å². The molecule has 0 aliphatic carbocycles. The van der Waals surface area contributed by atoms with E-state index in [4.69, 9.17) is 9.16 Å². The monoisotopic (exact) mass is 563 g/mol. The van der Waals surface area contributed by atoms with Gasteiger partial charge < -0.3 is 14.1 Å².